The molecule has 1 atom stereocenters. The fraction of sp³-hybridized carbons (Fsp3) is 0.308. The molecule has 1 aliphatic heterocycles. The van der Waals surface area contributed by atoms with Crippen molar-refractivity contribution in [2.75, 3.05) is 13.2 Å². The third kappa shape index (κ3) is 4.77. The summed E-state index contributed by atoms with van der Waals surface area (Å²) in [7, 11) is 0. The van der Waals surface area contributed by atoms with Gasteiger partial charge in [-0.25, -0.2) is 9.78 Å². The average Bonchev–Trinajstić information content (AvgIpc) is 3.59. The number of hydrogen-bond donors (Lipinski definition) is 2. The van der Waals surface area contributed by atoms with E-state index in [1.54, 1.807) is 4.90 Å². The Morgan fingerprint density at radius 3 is 2.46 bits per heavy atom. The van der Waals surface area contributed by atoms with Crippen molar-refractivity contribution in [1.82, 2.24) is 15.2 Å². The summed E-state index contributed by atoms with van der Waals surface area (Å²) in [5.41, 5.74) is 4.63. The number of rotatable bonds is 7. The molecule has 1 aromatic heterocycles. The topological polar surface area (TPSA) is 109 Å². The number of likely N-dealkylation sites (tertiary alicyclic amines) is 1. The molecule has 2 amide bonds. The number of benzene rings is 2. The van der Waals surface area contributed by atoms with E-state index in [9.17, 15) is 14.4 Å². The van der Waals surface area contributed by atoms with Crippen LogP contribution >= 0.6 is 11.3 Å². The number of carboxylic acid groups (broad SMARTS) is 1. The zero-order valence-electron chi connectivity index (χ0n) is 19.0. The molecule has 9 heteroatoms. The standard InChI is InChI=1S/C26H25N3O5S/c30-24(31)12-16-6-5-11-29(16)25(32)22-13-27-23(35-22)14-28-26(33)34-15-21-19-9-3-1-7-17(19)18-8-2-4-10-20(18)21/h1-4,7-10,13,16,21H,5-6,11-12,14-15H2,(H,28,33)(H,30,31). The van der Waals surface area contributed by atoms with E-state index in [1.165, 1.54) is 28.7 Å². The van der Waals surface area contributed by atoms with Crippen LogP contribution in [0, 0.1) is 0 Å². The van der Waals surface area contributed by atoms with Gasteiger partial charge in [0.15, 0.2) is 0 Å². The van der Waals surface area contributed by atoms with Crippen molar-refractivity contribution < 1.29 is 24.2 Å². The predicted molar refractivity (Wildman–Crippen MR) is 130 cm³/mol. The SMILES string of the molecule is O=C(O)CC1CCCN1C(=O)c1cnc(CNC(=O)OCC2c3ccccc3-c3ccccc32)s1. The lowest BCUT2D eigenvalue weighted by Gasteiger charge is -2.22. The maximum absolute atomic E-state index is 12.8. The average molecular weight is 492 g/mol. The summed E-state index contributed by atoms with van der Waals surface area (Å²) in [5, 5.41) is 12.4. The van der Waals surface area contributed by atoms with Crippen molar-refractivity contribution in [3.63, 3.8) is 0 Å². The molecule has 1 aliphatic carbocycles. The van der Waals surface area contributed by atoms with Gasteiger partial charge >= 0.3 is 12.1 Å². The van der Waals surface area contributed by atoms with Gasteiger partial charge in [0.2, 0.25) is 0 Å². The van der Waals surface area contributed by atoms with Crippen LogP contribution in [0.15, 0.2) is 54.7 Å². The zero-order chi connectivity index (χ0) is 24.4. The van der Waals surface area contributed by atoms with Crippen molar-refractivity contribution >= 4 is 29.3 Å². The Balaban J connectivity index is 1.16. The smallest absolute Gasteiger partial charge is 0.407 e. The van der Waals surface area contributed by atoms with Crippen LogP contribution in [0.2, 0.25) is 0 Å². The Morgan fingerprint density at radius 2 is 1.77 bits per heavy atom. The highest BCUT2D eigenvalue weighted by molar-refractivity contribution is 7.13. The van der Waals surface area contributed by atoms with Crippen molar-refractivity contribution in [2.45, 2.75) is 37.8 Å². The molecule has 5 rings (SSSR count). The molecule has 3 aromatic rings. The van der Waals surface area contributed by atoms with Gasteiger partial charge in [-0.15, -0.1) is 11.3 Å². The second-order valence-electron chi connectivity index (χ2n) is 8.69. The molecule has 0 radical (unpaired) electrons. The first kappa shape index (κ1) is 23.0. The normalized spacial score (nSPS) is 16.6. The summed E-state index contributed by atoms with van der Waals surface area (Å²) >= 11 is 1.20. The number of nitrogens with one attached hydrogen (secondary N) is 1. The molecule has 2 N–H and O–H groups in total. The molecule has 2 aliphatic rings. The van der Waals surface area contributed by atoms with Crippen molar-refractivity contribution in [2.24, 2.45) is 0 Å². The number of hydrogen-bond acceptors (Lipinski definition) is 6. The van der Waals surface area contributed by atoms with Gasteiger partial charge in [0.1, 0.15) is 16.5 Å². The monoisotopic (exact) mass is 491 g/mol. The number of alkyl carbamates (subject to hydrolysis) is 1. The lowest BCUT2D eigenvalue weighted by Crippen LogP contribution is -2.36. The molecule has 1 unspecified atom stereocenters. The Kier molecular flexibility index (Phi) is 6.50. The van der Waals surface area contributed by atoms with Gasteiger partial charge in [0.05, 0.1) is 19.2 Å². The number of ether oxygens (including phenoxy) is 1. The summed E-state index contributed by atoms with van der Waals surface area (Å²) in [4.78, 5) is 42.6. The maximum Gasteiger partial charge on any atom is 0.407 e. The molecule has 0 bridgehead atoms. The molecule has 2 heterocycles. The summed E-state index contributed by atoms with van der Waals surface area (Å²) in [6.45, 7) is 0.913. The first-order valence-corrected chi connectivity index (χ1v) is 12.4. The Bertz CT molecular complexity index is 1230. The predicted octanol–water partition coefficient (Wildman–Crippen LogP) is 4.26. The van der Waals surface area contributed by atoms with Crippen molar-refractivity contribution in [1.29, 1.82) is 0 Å². The first-order valence-electron chi connectivity index (χ1n) is 11.6. The van der Waals surface area contributed by atoms with Gasteiger partial charge in [-0.2, -0.15) is 0 Å². The minimum Gasteiger partial charge on any atom is -0.481 e. The molecule has 180 valence electrons. The van der Waals surface area contributed by atoms with E-state index < -0.39 is 12.1 Å². The summed E-state index contributed by atoms with van der Waals surface area (Å²) in [6, 6.07) is 16.0. The Morgan fingerprint density at radius 1 is 1.09 bits per heavy atom. The lowest BCUT2D eigenvalue weighted by atomic mass is 9.98. The number of carbonyl (C=O) groups excluding carboxylic acids is 2. The van der Waals surface area contributed by atoms with Crippen LogP contribution in [0.5, 0.6) is 0 Å². The molecular weight excluding hydrogens is 466 g/mol. The molecular formula is C26H25N3O5S. The summed E-state index contributed by atoms with van der Waals surface area (Å²) < 4.78 is 5.54. The first-order chi connectivity index (χ1) is 17.0. The molecule has 0 spiro atoms. The number of nitrogens with zero attached hydrogens (tertiary/aromatic N) is 2. The maximum atomic E-state index is 12.8. The van der Waals surface area contributed by atoms with E-state index in [0.29, 0.717) is 22.9 Å². The second kappa shape index (κ2) is 9.87. The van der Waals surface area contributed by atoms with Crippen LogP contribution in [-0.4, -0.2) is 52.2 Å². The quantitative estimate of drug-likeness (QED) is 0.511. The van der Waals surface area contributed by atoms with E-state index >= 15 is 0 Å². The van der Waals surface area contributed by atoms with Gasteiger partial charge in [0.25, 0.3) is 5.91 Å². The number of aliphatic carboxylic acids is 1. The van der Waals surface area contributed by atoms with Crippen molar-refractivity contribution in [3.05, 3.63) is 75.7 Å². The molecule has 1 fully saturated rings. The van der Waals surface area contributed by atoms with Gasteiger partial charge in [-0.3, -0.25) is 9.59 Å². The minimum atomic E-state index is -0.910. The number of carbonyl (C=O) groups is 3. The van der Waals surface area contributed by atoms with Crippen LogP contribution in [0.4, 0.5) is 4.79 Å². The Labute approximate surface area is 206 Å². The molecule has 8 nitrogen and oxygen atoms in total. The fourth-order valence-electron chi connectivity index (χ4n) is 4.95. The number of thiazole rings is 1. The molecule has 35 heavy (non-hydrogen) atoms. The third-order valence-electron chi connectivity index (χ3n) is 6.54. The van der Waals surface area contributed by atoms with Crippen LogP contribution in [0.1, 0.15) is 51.0 Å². The van der Waals surface area contributed by atoms with Crippen LogP contribution in [0.25, 0.3) is 11.1 Å². The number of aromatic nitrogens is 1. The Hall–Kier alpha value is -3.72. The van der Waals surface area contributed by atoms with E-state index in [-0.39, 0.29) is 37.4 Å². The molecule has 2 aromatic carbocycles. The molecule has 1 saturated heterocycles. The second-order valence-corrected chi connectivity index (χ2v) is 9.81. The highest BCUT2D eigenvalue weighted by Gasteiger charge is 2.32. The lowest BCUT2D eigenvalue weighted by molar-refractivity contribution is -0.137. The van der Waals surface area contributed by atoms with Gasteiger partial charge in [0, 0.05) is 18.5 Å². The van der Waals surface area contributed by atoms with Crippen LogP contribution in [-0.2, 0) is 16.1 Å². The highest BCUT2D eigenvalue weighted by Crippen LogP contribution is 2.44. The number of carboxylic acids is 1. The van der Waals surface area contributed by atoms with E-state index in [0.717, 1.165) is 17.5 Å². The summed E-state index contributed by atoms with van der Waals surface area (Å²) in [5.74, 6) is -1.14. The van der Waals surface area contributed by atoms with E-state index in [4.69, 9.17) is 9.84 Å². The van der Waals surface area contributed by atoms with E-state index in [1.807, 2.05) is 24.3 Å². The third-order valence-corrected chi connectivity index (χ3v) is 7.53. The fourth-order valence-corrected chi connectivity index (χ4v) is 5.76. The van der Waals surface area contributed by atoms with Gasteiger partial charge in [-0.1, -0.05) is 48.5 Å². The van der Waals surface area contributed by atoms with Gasteiger partial charge in [-0.05, 0) is 35.1 Å². The summed E-state index contributed by atoms with van der Waals surface area (Å²) in [6.07, 6.45) is 2.36. The van der Waals surface area contributed by atoms with Crippen LogP contribution < -0.4 is 5.32 Å². The van der Waals surface area contributed by atoms with Crippen LogP contribution in [0.3, 0.4) is 0 Å². The van der Waals surface area contributed by atoms with Crippen molar-refractivity contribution in [3.8, 4) is 11.1 Å². The molecule has 0 saturated carbocycles. The highest BCUT2D eigenvalue weighted by atomic mass is 32.1. The zero-order valence-corrected chi connectivity index (χ0v) is 19.8. The van der Waals surface area contributed by atoms with Gasteiger partial charge < -0.3 is 20.1 Å². The van der Waals surface area contributed by atoms with E-state index in [2.05, 4.69) is 34.6 Å². The largest absolute Gasteiger partial charge is 0.481 e. The number of amides is 2. The number of fused-ring (bicyclic) bond motifs is 3. The minimum absolute atomic E-state index is 0.0172.